The third-order valence-electron chi connectivity index (χ3n) is 2.28. The van der Waals surface area contributed by atoms with Gasteiger partial charge in [-0.25, -0.2) is 4.98 Å². The molecule has 1 atom stereocenters. The Balaban J connectivity index is 2.20. The molecule has 0 spiro atoms. The van der Waals surface area contributed by atoms with Crippen LogP contribution < -0.4 is 5.32 Å². The van der Waals surface area contributed by atoms with Crippen molar-refractivity contribution in [3.05, 3.63) is 23.5 Å². The zero-order valence-electron chi connectivity index (χ0n) is 9.03. The predicted molar refractivity (Wildman–Crippen MR) is 64.1 cm³/mol. The topological polar surface area (TPSA) is 37.8 Å². The molecular formula is C11H15N3S. The lowest BCUT2D eigenvalue weighted by Crippen LogP contribution is -2.18. The Morgan fingerprint density at radius 3 is 3.13 bits per heavy atom. The Bertz CT molecular complexity index is 405. The van der Waals surface area contributed by atoms with E-state index in [1.807, 2.05) is 12.3 Å². The molecule has 2 aromatic rings. The second-order valence-electron chi connectivity index (χ2n) is 3.57. The highest BCUT2D eigenvalue weighted by molar-refractivity contribution is 7.18. The van der Waals surface area contributed by atoms with Gasteiger partial charge >= 0.3 is 0 Å². The number of pyridine rings is 1. The van der Waals surface area contributed by atoms with Crippen LogP contribution in [0.4, 0.5) is 0 Å². The summed E-state index contributed by atoms with van der Waals surface area (Å²) in [6.07, 6.45) is 4.82. The number of nitrogens with one attached hydrogen (secondary N) is 1. The molecule has 0 aromatic carbocycles. The van der Waals surface area contributed by atoms with Crippen molar-refractivity contribution in [2.24, 2.45) is 0 Å². The molecule has 0 aliphatic carbocycles. The number of nitrogens with zero attached hydrogens (tertiary/aromatic N) is 2. The van der Waals surface area contributed by atoms with E-state index < -0.39 is 0 Å². The van der Waals surface area contributed by atoms with E-state index in [0.717, 1.165) is 28.2 Å². The molecule has 4 heteroatoms. The van der Waals surface area contributed by atoms with Crippen LogP contribution in [0.5, 0.6) is 0 Å². The maximum absolute atomic E-state index is 4.58. The van der Waals surface area contributed by atoms with Crippen LogP contribution in [-0.2, 0) is 0 Å². The molecule has 2 aromatic heterocycles. The summed E-state index contributed by atoms with van der Waals surface area (Å²) >= 11 is 1.72. The van der Waals surface area contributed by atoms with Gasteiger partial charge in [-0.15, -0.1) is 11.3 Å². The Morgan fingerprint density at radius 2 is 2.40 bits per heavy atom. The van der Waals surface area contributed by atoms with Crippen molar-refractivity contribution in [3.63, 3.8) is 0 Å². The maximum atomic E-state index is 4.58. The largest absolute Gasteiger partial charge is 0.308 e. The Hall–Kier alpha value is -1.000. The first kappa shape index (κ1) is 10.5. The minimum atomic E-state index is 0.336. The molecule has 2 rings (SSSR count). The van der Waals surface area contributed by atoms with E-state index in [4.69, 9.17) is 0 Å². The standard InChI is InChI=1S/C11H15N3S/c1-3-5-13-8(2)11-14-9-4-6-12-7-10(9)15-11/h4,6-8,13H,3,5H2,1-2H3. The van der Waals surface area contributed by atoms with Gasteiger partial charge in [0.2, 0.25) is 0 Å². The second kappa shape index (κ2) is 4.68. The van der Waals surface area contributed by atoms with Gasteiger partial charge in [0.05, 0.1) is 16.3 Å². The van der Waals surface area contributed by atoms with Gasteiger partial charge in [-0.3, -0.25) is 4.98 Å². The van der Waals surface area contributed by atoms with E-state index in [1.54, 1.807) is 17.5 Å². The van der Waals surface area contributed by atoms with Crippen LogP contribution in [0.15, 0.2) is 18.5 Å². The Kier molecular flexibility index (Phi) is 3.28. The molecule has 0 aliphatic heterocycles. The fourth-order valence-electron chi connectivity index (χ4n) is 1.43. The Labute approximate surface area is 93.6 Å². The molecule has 0 amide bonds. The van der Waals surface area contributed by atoms with Crippen LogP contribution in [0.1, 0.15) is 31.3 Å². The number of hydrogen-bond donors (Lipinski definition) is 1. The summed E-state index contributed by atoms with van der Waals surface area (Å²) < 4.78 is 1.16. The van der Waals surface area contributed by atoms with Gasteiger partial charge in [0.1, 0.15) is 5.01 Å². The molecule has 15 heavy (non-hydrogen) atoms. The summed E-state index contributed by atoms with van der Waals surface area (Å²) in [7, 11) is 0. The molecular weight excluding hydrogens is 206 g/mol. The van der Waals surface area contributed by atoms with Crippen LogP contribution in [0.2, 0.25) is 0 Å². The van der Waals surface area contributed by atoms with Gasteiger partial charge < -0.3 is 5.32 Å². The lowest BCUT2D eigenvalue weighted by molar-refractivity contribution is 0.569. The van der Waals surface area contributed by atoms with Crippen molar-refractivity contribution in [3.8, 4) is 0 Å². The van der Waals surface area contributed by atoms with E-state index in [0.29, 0.717) is 6.04 Å². The highest BCUT2D eigenvalue weighted by Crippen LogP contribution is 2.25. The monoisotopic (exact) mass is 221 g/mol. The highest BCUT2D eigenvalue weighted by atomic mass is 32.1. The molecule has 1 N–H and O–H groups in total. The van der Waals surface area contributed by atoms with Gasteiger partial charge in [-0.05, 0) is 26.0 Å². The van der Waals surface area contributed by atoms with Crippen molar-refractivity contribution in [1.29, 1.82) is 0 Å². The number of rotatable bonds is 4. The minimum Gasteiger partial charge on any atom is -0.308 e. The molecule has 3 nitrogen and oxygen atoms in total. The van der Waals surface area contributed by atoms with Crippen LogP contribution in [0.25, 0.3) is 10.2 Å². The van der Waals surface area contributed by atoms with Crippen molar-refractivity contribution < 1.29 is 0 Å². The number of aromatic nitrogens is 2. The van der Waals surface area contributed by atoms with E-state index in [1.165, 1.54) is 0 Å². The van der Waals surface area contributed by atoms with E-state index >= 15 is 0 Å². The second-order valence-corrected chi connectivity index (χ2v) is 4.63. The van der Waals surface area contributed by atoms with E-state index in [9.17, 15) is 0 Å². The number of hydrogen-bond acceptors (Lipinski definition) is 4. The molecule has 80 valence electrons. The van der Waals surface area contributed by atoms with Gasteiger partial charge in [0.25, 0.3) is 0 Å². The fourth-order valence-corrected chi connectivity index (χ4v) is 2.39. The van der Waals surface area contributed by atoms with E-state index in [2.05, 4.69) is 29.1 Å². The normalized spacial score (nSPS) is 13.2. The molecule has 2 heterocycles. The summed E-state index contributed by atoms with van der Waals surface area (Å²) in [5, 5.41) is 4.58. The lowest BCUT2D eigenvalue weighted by Gasteiger charge is -2.08. The zero-order valence-corrected chi connectivity index (χ0v) is 9.84. The number of fused-ring (bicyclic) bond motifs is 1. The third kappa shape index (κ3) is 2.33. The van der Waals surface area contributed by atoms with Crippen LogP contribution in [0, 0.1) is 0 Å². The van der Waals surface area contributed by atoms with Crippen LogP contribution in [-0.4, -0.2) is 16.5 Å². The summed E-state index contributed by atoms with van der Waals surface area (Å²) in [5.41, 5.74) is 1.05. The average molecular weight is 221 g/mol. The predicted octanol–water partition coefficient (Wildman–Crippen LogP) is 2.75. The molecule has 0 saturated heterocycles. The zero-order chi connectivity index (χ0) is 10.7. The summed E-state index contributed by atoms with van der Waals surface area (Å²) in [4.78, 5) is 8.68. The number of thiazole rings is 1. The van der Waals surface area contributed by atoms with Crippen molar-refractivity contribution in [2.75, 3.05) is 6.54 Å². The van der Waals surface area contributed by atoms with Crippen molar-refractivity contribution in [1.82, 2.24) is 15.3 Å². The fraction of sp³-hybridized carbons (Fsp3) is 0.455. The molecule has 0 saturated carbocycles. The lowest BCUT2D eigenvalue weighted by atomic mass is 10.3. The van der Waals surface area contributed by atoms with Crippen molar-refractivity contribution in [2.45, 2.75) is 26.3 Å². The average Bonchev–Trinajstić information content (AvgIpc) is 2.69. The quantitative estimate of drug-likeness (QED) is 0.862. The van der Waals surface area contributed by atoms with Gasteiger partial charge in [0.15, 0.2) is 0 Å². The highest BCUT2D eigenvalue weighted by Gasteiger charge is 2.09. The van der Waals surface area contributed by atoms with Gasteiger partial charge in [-0.1, -0.05) is 6.92 Å². The third-order valence-corrected chi connectivity index (χ3v) is 3.47. The van der Waals surface area contributed by atoms with Gasteiger partial charge in [-0.2, -0.15) is 0 Å². The molecule has 0 fully saturated rings. The smallest absolute Gasteiger partial charge is 0.111 e. The van der Waals surface area contributed by atoms with E-state index in [-0.39, 0.29) is 0 Å². The summed E-state index contributed by atoms with van der Waals surface area (Å²) in [6, 6.07) is 2.30. The molecule has 0 aliphatic rings. The van der Waals surface area contributed by atoms with Gasteiger partial charge in [0, 0.05) is 12.4 Å². The summed E-state index contributed by atoms with van der Waals surface area (Å²) in [6.45, 7) is 5.36. The first-order chi connectivity index (χ1) is 7.31. The van der Waals surface area contributed by atoms with Crippen LogP contribution in [0.3, 0.4) is 0 Å². The first-order valence-corrected chi connectivity index (χ1v) is 6.06. The Morgan fingerprint density at radius 1 is 1.53 bits per heavy atom. The minimum absolute atomic E-state index is 0.336. The molecule has 0 bridgehead atoms. The SMILES string of the molecule is CCCNC(C)c1nc2ccncc2s1. The first-order valence-electron chi connectivity index (χ1n) is 5.25. The van der Waals surface area contributed by atoms with Crippen LogP contribution >= 0.6 is 11.3 Å². The maximum Gasteiger partial charge on any atom is 0.111 e. The molecule has 0 radical (unpaired) electrons. The molecule has 1 unspecified atom stereocenters. The van der Waals surface area contributed by atoms with Crippen molar-refractivity contribution >= 4 is 21.6 Å². The summed E-state index contributed by atoms with van der Waals surface area (Å²) in [5.74, 6) is 0.